The fourth-order valence-electron chi connectivity index (χ4n) is 2.51. The van der Waals surface area contributed by atoms with Gasteiger partial charge in [0.25, 0.3) is 5.91 Å². The molecule has 0 aromatic heterocycles. The number of amides is 1. The van der Waals surface area contributed by atoms with Crippen LogP contribution >= 0.6 is 12.2 Å². The number of rotatable bonds is 6. The van der Waals surface area contributed by atoms with Crippen LogP contribution in [0.5, 0.6) is 17.2 Å². The second-order valence-electron chi connectivity index (χ2n) is 6.09. The topological polar surface area (TPSA) is 79.8 Å². The minimum Gasteiger partial charge on any atom is -0.506 e. The predicted octanol–water partition coefficient (Wildman–Crippen LogP) is 4.11. The fraction of sp³-hybridized carbons (Fsp3) is 0.0909. The van der Waals surface area contributed by atoms with Crippen LogP contribution in [0.1, 0.15) is 15.9 Å². The third kappa shape index (κ3) is 5.70. The number of aromatic hydroxyl groups is 1. The van der Waals surface area contributed by atoms with Crippen molar-refractivity contribution in [2.75, 3.05) is 12.4 Å². The summed E-state index contributed by atoms with van der Waals surface area (Å²) in [4.78, 5) is 12.4. The largest absolute Gasteiger partial charge is 0.506 e. The van der Waals surface area contributed by atoms with E-state index in [-0.39, 0.29) is 16.8 Å². The monoisotopic (exact) mass is 408 g/mol. The molecular formula is C22H20N2O4S. The number of hydrogen-bond acceptors (Lipinski definition) is 5. The maximum absolute atomic E-state index is 12.4. The van der Waals surface area contributed by atoms with Crippen LogP contribution in [-0.2, 0) is 6.61 Å². The summed E-state index contributed by atoms with van der Waals surface area (Å²) in [6, 6.07) is 21.2. The summed E-state index contributed by atoms with van der Waals surface area (Å²) in [6.45, 7) is 0.449. The molecule has 0 radical (unpaired) electrons. The van der Waals surface area contributed by atoms with E-state index in [2.05, 4.69) is 10.6 Å². The Balaban J connectivity index is 1.55. The lowest BCUT2D eigenvalue weighted by atomic mass is 10.2. The van der Waals surface area contributed by atoms with Crippen LogP contribution in [0.15, 0.2) is 72.8 Å². The number of anilines is 1. The summed E-state index contributed by atoms with van der Waals surface area (Å²) in [5.41, 5.74) is 1.82. The molecule has 0 fully saturated rings. The quantitative estimate of drug-likeness (QED) is 0.421. The van der Waals surface area contributed by atoms with Crippen LogP contribution in [0, 0.1) is 0 Å². The van der Waals surface area contributed by atoms with E-state index in [0.29, 0.717) is 29.4 Å². The molecule has 0 unspecified atom stereocenters. The van der Waals surface area contributed by atoms with Gasteiger partial charge in [-0.2, -0.15) is 0 Å². The summed E-state index contributed by atoms with van der Waals surface area (Å²) >= 11 is 5.15. The number of carbonyl (C=O) groups is 1. The minimum atomic E-state index is -0.375. The zero-order chi connectivity index (χ0) is 20.6. The molecule has 0 heterocycles. The van der Waals surface area contributed by atoms with E-state index in [9.17, 15) is 9.90 Å². The maximum atomic E-state index is 12.4. The Morgan fingerprint density at radius 3 is 2.38 bits per heavy atom. The van der Waals surface area contributed by atoms with Crippen LogP contribution in [0.3, 0.4) is 0 Å². The number of nitrogens with one attached hydrogen (secondary N) is 2. The average Bonchev–Trinajstić information content (AvgIpc) is 2.75. The van der Waals surface area contributed by atoms with Crippen molar-refractivity contribution >= 4 is 28.9 Å². The summed E-state index contributed by atoms with van der Waals surface area (Å²) in [5.74, 6) is 0.819. The molecule has 0 spiro atoms. The number of hydrogen-bond donors (Lipinski definition) is 3. The molecule has 0 saturated carbocycles. The molecule has 3 rings (SSSR count). The Hall–Kier alpha value is -3.58. The minimum absolute atomic E-state index is 0.0117. The number of phenols is 1. The fourth-order valence-corrected chi connectivity index (χ4v) is 2.72. The Labute approximate surface area is 174 Å². The highest BCUT2D eigenvalue weighted by atomic mass is 32.1. The first-order valence-electron chi connectivity index (χ1n) is 8.81. The van der Waals surface area contributed by atoms with Gasteiger partial charge >= 0.3 is 0 Å². The van der Waals surface area contributed by atoms with Gasteiger partial charge in [-0.1, -0.05) is 30.3 Å². The maximum Gasteiger partial charge on any atom is 0.257 e. The number of benzene rings is 3. The smallest absolute Gasteiger partial charge is 0.257 e. The van der Waals surface area contributed by atoms with Gasteiger partial charge in [0.05, 0.1) is 12.8 Å². The van der Waals surface area contributed by atoms with Gasteiger partial charge in [-0.15, -0.1) is 0 Å². The van der Waals surface area contributed by atoms with Gasteiger partial charge in [0.2, 0.25) is 0 Å². The van der Waals surface area contributed by atoms with Crippen LogP contribution in [0.4, 0.5) is 5.69 Å². The van der Waals surface area contributed by atoms with Crippen molar-refractivity contribution in [2.45, 2.75) is 6.61 Å². The zero-order valence-electron chi connectivity index (χ0n) is 15.7. The first kappa shape index (κ1) is 20.2. The number of methoxy groups -OCH3 is 1. The molecule has 0 bridgehead atoms. The second kappa shape index (κ2) is 9.57. The molecule has 3 aromatic rings. The molecule has 29 heavy (non-hydrogen) atoms. The highest BCUT2D eigenvalue weighted by molar-refractivity contribution is 7.80. The number of thiocarbonyl (C=S) groups is 1. The van der Waals surface area contributed by atoms with Gasteiger partial charge in [-0.05, 0) is 54.2 Å². The van der Waals surface area contributed by atoms with E-state index in [0.717, 1.165) is 5.56 Å². The molecule has 0 aliphatic rings. The van der Waals surface area contributed by atoms with E-state index in [1.165, 1.54) is 13.2 Å². The SMILES string of the molecule is COc1ccc(O)c(NC(=S)NC(=O)c2ccc(OCc3ccccc3)cc2)c1. The molecule has 3 aromatic carbocycles. The van der Waals surface area contributed by atoms with Crippen molar-refractivity contribution in [3.63, 3.8) is 0 Å². The molecule has 7 heteroatoms. The van der Waals surface area contributed by atoms with Gasteiger partial charge < -0.3 is 19.9 Å². The molecule has 0 saturated heterocycles. The molecule has 0 aliphatic heterocycles. The van der Waals surface area contributed by atoms with Crippen molar-refractivity contribution in [2.24, 2.45) is 0 Å². The predicted molar refractivity (Wildman–Crippen MR) is 116 cm³/mol. The lowest BCUT2D eigenvalue weighted by Gasteiger charge is -2.12. The molecule has 148 valence electrons. The lowest BCUT2D eigenvalue weighted by molar-refractivity contribution is 0.0977. The third-order valence-electron chi connectivity index (χ3n) is 4.04. The number of ether oxygens (including phenoxy) is 2. The van der Waals surface area contributed by atoms with Crippen LogP contribution < -0.4 is 20.1 Å². The third-order valence-corrected chi connectivity index (χ3v) is 4.25. The van der Waals surface area contributed by atoms with E-state index < -0.39 is 0 Å². The van der Waals surface area contributed by atoms with Crippen molar-refractivity contribution in [1.29, 1.82) is 0 Å². The van der Waals surface area contributed by atoms with Gasteiger partial charge in [-0.3, -0.25) is 10.1 Å². The Bertz CT molecular complexity index is 991. The van der Waals surface area contributed by atoms with Gasteiger partial charge in [0.15, 0.2) is 5.11 Å². The number of carbonyl (C=O) groups excluding carboxylic acids is 1. The molecule has 1 amide bonds. The zero-order valence-corrected chi connectivity index (χ0v) is 16.5. The summed E-state index contributed by atoms with van der Waals surface area (Å²) in [6.07, 6.45) is 0. The van der Waals surface area contributed by atoms with Gasteiger partial charge in [-0.25, -0.2) is 0 Å². The average molecular weight is 408 g/mol. The van der Waals surface area contributed by atoms with E-state index >= 15 is 0 Å². The Morgan fingerprint density at radius 1 is 1.00 bits per heavy atom. The molecular weight excluding hydrogens is 388 g/mol. The first-order chi connectivity index (χ1) is 14.0. The highest BCUT2D eigenvalue weighted by Crippen LogP contribution is 2.27. The van der Waals surface area contributed by atoms with Gasteiger partial charge in [0, 0.05) is 11.6 Å². The first-order valence-corrected chi connectivity index (χ1v) is 9.22. The highest BCUT2D eigenvalue weighted by Gasteiger charge is 2.10. The van der Waals surface area contributed by atoms with E-state index in [1.54, 1.807) is 36.4 Å². The molecule has 0 atom stereocenters. The molecule has 0 aliphatic carbocycles. The lowest BCUT2D eigenvalue weighted by Crippen LogP contribution is -2.34. The van der Waals surface area contributed by atoms with Crippen molar-refractivity contribution in [3.05, 3.63) is 83.9 Å². The van der Waals surface area contributed by atoms with Crippen molar-refractivity contribution < 1.29 is 19.4 Å². The Morgan fingerprint density at radius 2 is 1.69 bits per heavy atom. The summed E-state index contributed by atoms with van der Waals surface area (Å²) in [5, 5.41) is 15.3. The van der Waals surface area contributed by atoms with Crippen molar-refractivity contribution in [3.8, 4) is 17.2 Å². The van der Waals surface area contributed by atoms with Crippen molar-refractivity contribution in [1.82, 2.24) is 5.32 Å². The standard InChI is InChI=1S/C22H20N2O4S/c1-27-18-11-12-20(25)19(13-18)23-22(29)24-21(26)16-7-9-17(10-8-16)28-14-15-5-3-2-4-6-15/h2-13,25H,14H2,1H3,(H2,23,24,26,29). The van der Waals surface area contributed by atoms with Crippen LogP contribution in [-0.4, -0.2) is 23.2 Å². The second-order valence-corrected chi connectivity index (χ2v) is 6.50. The van der Waals surface area contributed by atoms with E-state index in [1.807, 2.05) is 30.3 Å². The van der Waals surface area contributed by atoms with Crippen LogP contribution in [0.25, 0.3) is 0 Å². The summed E-state index contributed by atoms with van der Waals surface area (Å²) < 4.78 is 10.8. The van der Waals surface area contributed by atoms with Gasteiger partial charge in [0.1, 0.15) is 23.9 Å². The molecule has 3 N–H and O–H groups in total. The molecule has 6 nitrogen and oxygen atoms in total. The normalized spacial score (nSPS) is 10.1. The Kier molecular flexibility index (Phi) is 6.65. The van der Waals surface area contributed by atoms with Crippen LogP contribution in [0.2, 0.25) is 0 Å². The number of phenolic OH excluding ortho intramolecular Hbond substituents is 1. The summed E-state index contributed by atoms with van der Waals surface area (Å²) in [7, 11) is 1.52. The van der Waals surface area contributed by atoms with E-state index in [4.69, 9.17) is 21.7 Å².